The lowest BCUT2D eigenvalue weighted by Gasteiger charge is -2.19. The van der Waals surface area contributed by atoms with Crippen LogP contribution in [0.1, 0.15) is 41.0 Å². The van der Waals surface area contributed by atoms with Crippen molar-refractivity contribution in [1.29, 1.82) is 0 Å². The van der Waals surface area contributed by atoms with Crippen LogP contribution in [0, 0.1) is 11.8 Å². The van der Waals surface area contributed by atoms with E-state index in [-0.39, 0.29) is 0 Å². The molecule has 0 heterocycles. The Bertz CT molecular complexity index is 206. The molecule has 1 fully saturated rings. The van der Waals surface area contributed by atoms with Crippen molar-refractivity contribution in [3.05, 3.63) is 0 Å². The zero-order chi connectivity index (χ0) is 11.0. The molecule has 0 aromatic rings. The van der Waals surface area contributed by atoms with E-state index in [9.17, 15) is 0 Å². The Morgan fingerprint density at radius 1 is 1.43 bits per heavy atom. The first kappa shape index (κ1) is 12.4. The van der Waals surface area contributed by atoms with E-state index in [2.05, 4.69) is 58.7 Å². The Morgan fingerprint density at radius 3 is 2.36 bits per heavy atom. The molecule has 0 amide bonds. The van der Waals surface area contributed by atoms with E-state index in [0.29, 0.717) is 10.3 Å². The van der Waals surface area contributed by atoms with Gasteiger partial charge in [0.2, 0.25) is 0 Å². The van der Waals surface area contributed by atoms with E-state index < -0.39 is 0 Å². The molecule has 0 aromatic heterocycles. The van der Waals surface area contributed by atoms with Crippen molar-refractivity contribution >= 4 is 11.8 Å². The summed E-state index contributed by atoms with van der Waals surface area (Å²) in [4.78, 5) is 0. The maximum absolute atomic E-state index is 3.48. The maximum Gasteiger partial charge on any atom is 0.0357 e. The summed E-state index contributed by atoms with van der Waals surface area (Å²) in [6, 6.07) is 0. The van der Waals surface area contributed by atoms with E-state index in [4.69, 9.17) is 0 Å². The summed E-state index contributed by atoms with van der Waals surface area (Å²) in [5.41, 5.74) is 0.352. The molecule has 84 valence electrons. The molecule has 1 aliphatic rings. The molecular formula is C12H25NS. The van der Waals surface area contributed by atoms with Gasteiger partial charge in [-0.1, -0.05) is 27.2 Å². The lowest BCUT2D eigenvalue weighted by atomic mass is 10.2. The molecule has 0 bridgehead atoms. The van der Waals surface area contributed by atoms with Crippen molar-refractivity contribution in [1.82, 2.24) is 5.32 Å². The van der Waals surface area contributed by atoms with Gasteiger partial charge in [-0.05, 0) is 38.5 Å². The van der Waals surface area contributed by atoms with Gasteiger partial charge in [0.1, 0.15) is 0 Å². The van der Waals surface area contributed by atoms with Crippen molar-refractivity contribution < 1.29 is 0 Å². The molecule has 0 aliphatic heterocycles. The van der Waals surface area contributed by atoms with Gasteiger partial charge in [-0.15, -0.1) is 0 Å². The van der Waals surface area contributed by atoms with Crippen LogP contribution in [0.5, 0.6) is 0 Å². The number of thioether (sulfide) groups is 1. The Hall–Kier alpha value is 0.310. The van der Waals surface area contributed by atoms with Gasteiger partial charge in [-0.25, -0.2) is 0 Å². The molecular weight excluding hydrogens is 190 g/mol. The lowest BCUT2D eigenvalue weighted by molar-refractivity contribution is 0.547. The van der Waals surface area contributed by atoms with Gasteiger partial charge in [0, 0.05) is 10.3 Å². The van der Waals surface area contributed by atoms with Crippen LogP contribution in [0.25, 0.3) is 0 Å². The number of nitrogens with one attached hydrogen (secondary N) is 1. The quantitative estimate of drug-likeness (QED) is 0.756. The molecule has 0 saturated heterocycles. The molecule has 1 nitrogen and oxygen atoms in total. The highest BCUT2D eigenvalue weighted by atomic mass is 32.2. The third-order valence-electron chi connectivity index (χ3n) is 4.52. The molecule has 1 rings (SSSR count). The minimum absolute atomic E-state index is 0.352. The van der Waals surface area contributed by atoms with Crippen LogP contribution >= 0.6 is 11.8 Å². The van der Waals surface area contributed by atoms with Gasteiger partial charge in [0.25, 0.3) is 0 Å². The third-order valence-corrected chi connectivity index (χ3v) is 6.64. The van der Waals surface area contributed by atoms with Crippen LogP contribution in [0.2, 0.25) is 0 Å². The van der Waals surface area contributed by atoms with Crippen molar-refractivity contribution in [3.63, 3.8) is 0 Å². The highest BCUT2D eigenvalue weighted by molar-refractivity contribution is 8.01. The lowest BCUT2D eigenvalue weighted by Crippen LogP contribution is -2.32. The third kappa shape index (κ3) is 1.71. The van der Waals surface area contributed by atoms with Crippen LogP contribution in [-0.2, 0) is 0 Å². The smallest absolute Gasteiger partial charge is 0.0357 e. The standard InChI is InChI=1S/C12H25NS/c1-7-9(2)8-14-12(5)10(3)11(12,4)13-6/h9-10,13H,7-8H2,1-6H3. The first-order chi connectivity index (χ1) is 6.42. The van der Waals surface area contributed by atoms with E-state index >= 15 is 0 Å². The summed E-state index contributed by atoms with van der Waals surface area (Å²) in [6.45, 7) is 11.7. The Kier molecular flexibility index (Phi) is 3.58. The maximum atomic E-state index is 3.48. The molecule has 2 heteroatoms. The van der Waals surface area contributed by atoms with Crippen molar-refractivity contribution in [2.45, 2.75) is 51.3 Å². The molecule has 0 radical (unpaired) electrons. The van der Waals surface area contributed by atoms with Gasteiger partial charge in [-0.2, -0.15) is 11.8 Å². The van der Waals surface area contributed by atoms with Crippen LogP contribution < -0.4 is 5.32 Å². The molecule has 1 N–H and O–H groups in total. The number of rotatable bonds is 5. The summed E-state index contributed by atoms with van der Waals surface area (Å²) in [5.74, 6) is 2.94. The summed E-state index contributed by atoms with van der Waals surface area (Å²) >= 11 is 2.15. The van der Waals surface area contributed by atoms with Crippen LogP contribution in [-0.4, -0.2) is 23.1 Å². The number of hydrogen-bond donors (Lipinski definition) is 1. The van der Waals surface area contributed by atoms with Crippen LogP contribution in [0.3, 0.4) is 0 Å². The van der Waals surface area contributed by atoms with Crippen molar-refractivity contribution in [3.8, 4) is 0 Å². The van der Waals surface area contributed by atoms with Crippen LogP contribution in [0.15, 0.2) is 0 Å². The fraction of sp³-hybridized carbons (Fsp3) is 1.00. The molecule has 0 aromatic carbocycles. The Morgan fingerprint density at radius 2 is 2.00 bits per heavy atom. The normalized spacial score (nSPS) is 43.7. The largest absolute Gasteiger partial charge is 0.313 e. The average Bonchev–Trinajstić information content (AvgIpc) is 2.62. The zero-order valence-corrected chi connectivity index (χ0v) is 11.3. The zero-order valence-electron chi connectivity index (χ0n) is 10.5. The molecule has 1 aliphatic carbocycles. The topological polar surface area (TPSA) is 12.0 Å². The first-order valence-corrected chi connectivity index (χ1v) is 6.73. The van der Waals surface area contributed by atoms with Gasteiger partial charge < -0.3 is 5.32 Å². The SMILES string of the molecule is CCC(C)CSC1(C)C(C)C1(C)NC. The summed E-state index contributed by atoms with van der Waals surface area (Å²) < 4.78 is 0.450. The predicted molar refractivity (Wildman–Crippen MR) is 66.9 cm³/mol. The first-order valence-electron chi connectivity index (χ1n) is 5.75. The molecule has 0 spiro atoms. The Balaban J connectivity index is 2.46. The second kappa shape index (κ2) is 4.05. The molecule has 4 unspecified atom stereocenters. The molecule has 14 heavy (non-hydrogen) atoms. The monoisotopic (exact) mass is 215 g/mol. The van der Waals surface area contributed by atoms with Gasteiger partial charge in [0.15, 0.2) is 0 Å². The fourth-order valence-corrected chi connectivity index (χ4v) is 4.06. The Labute approximate surface area is 93.4 Å². The van der Waals surface area contributed by atoms with Crippen molar-refractivity contribution in [2.75, 3.05) is 12.8 Å². The van der Waals surface area contributed by atoms with E-state index in [1.165, 1.54) is 12.2 Å². The summed E-state index contributed by atoms with van der Waals surface area (Å²) in [5, 5.41) is 3.48. The van der Waals surface area contributed by atoms with Gasteiger partial charge in [-0.3, -0.25) is 0 Å². The van der Waals surface area contributed by atoms with E-state index in [0.717, 1.165) is 11.8 Å². The molecule has 4 atom stereocenters. The van der Waals surface area contributed by atoms with Gasteiger partial charge in [0.05, 0.1) is 0 Å². The average molecular weight is 215 g/mol. The minimum atomic E-state index is 0.352. The summed E-state index contributed by atoms with van der Waals surface area (Å²) in [7, 11) is 2.09. The predicted octanol–water partition coefficient (Wildman–Crippen LogP) is 3.15. The highest BCUT2D eigenvalue weighted by Crippen LogP contribution is 2.62. The summed E-state index contributed by atoms with van der Waals surface area (Å²) in [6.07, 6.45) is 1.30. The molecule has 1 saturated carbocycles. The van der Waals surface area contributed by atoms with Gasteiger partial charge >= 0.3 is 0 Å². The van der Waals surface area contributed by atoms with Crippen molar-refractivity contribution in [2.24, 2.45) is 11.8 Å². The highest BCUT2D eigenvalue weighted by Gasteiger charge is 2.68. The second-order valence-electron chi connectivity index (χ2n) is 5.11. The van der Waals surface area contributed by atoms with E-state index in [1.807, 2.05) is 0 Å². The van der Waals surface area contributed by atoms with Crippen LogP contribution in [0.4, 0.5) is 0 Å². The van der Waals surface area contributed by atoms with E-state index in [1.54, 1.807) is 0 Å². The number of hydrogen-bond acceptors (Lipinski definition) is 2. The second-order valence-corrected chi connectivity index (χ2v) is 6.58. The minimum Gasteiger partial charge on any atom is -0.313 e. The fourth-order valence-electron chi connectivity index (χ4n) is 2.19.